The van der Waals surface area contributed by atoms with Crippen molar-refractivity contribution in [3.8, 4) is 0 Å². The average Bonchev–Trinajstić information content (AvgIpc) is 2.90. The summed E-state index contributed by atoms with van der Waals surface area (Å²) in [5.41, 5.74) is 7.36. The normalized spacial score (nSPS) is 29.8. The van der Waals surface area contributed by atoms with E-state index in [1.165, 1.54) is 0 Å². The van der Waals surface area contributed by atoms with Gasteiger partial charge < -0.3 is 10.2 Å². The zero-order valence-electron chi connectivity index (χ0n) is 11.1. The molecule has 0 aromatic heterocycles. The number of anilines is 1. The van der Waals surface area contributed by atoms with Crippen LogP contribution in [0.15, 0.2) is 30.3 Å². The Morgan fingerprint density at radius 2 is 2.05 bits per heavy atom. The summed E-state index contributed by atoms with van der Waals surface area (Å²) in [5, 5.41) is 3.37. The van der Waals surface area contributed by atoms with Crippen LogP contribution in [0.5, 0.6) is 0 Å². The molecule has 2 aliphatic heterocycles. The van der Waals surface area contributed by atoms with Crippen molar-refractivity contribution in [1.29, 1.82) is 0 Å². The van der Waals surface area contributed by atoms with Gasteiger partial charge in [-0.25, -0.2) is 5.43 Å². The molecule has 0 saturated carbocycles. The number of likely N-dealkylation sites (N-methyl/N-ethyl adjacent to an activating group) is 1. The second-order valence-electron chi connectivity index (χ2n) is 5.26. The van der Waals surface area contributed by atoms with Crippen LogP contribution in [-0.4, -0.2) is 38.1 Å². The first-order chi connectivity index (χ1) is 9.27. The molecule has 5 nitrogen and oxygen atoms in total. The minimum absolute atomic E-state index is 0.120. The first-order valence-corrected chi connectivity index (χ1v) is 6.82. The Hall–Kier alpha value is -1.43. The molecule has 1 aromatic rings. The highest BCUT2D eigenvalue weighted by atomic mass is 16.2. The first kappa shape index (κ1) is 12.6. The third-order valence-electron chi connectivity index (χ3n) is 4.12. The number of fused-ring (bicyclic) bond motifs is 1. The number of hydrogen-bond acceptors (Lipinski definition) is 4. The molecule has 19 heavy (non-hydrogen) atoms. The van der Waals surface area contributed by atoms with Gasteiger partial charge in [0.25, 0.3) is 0 Å². The Morgan fingerprint density at radius 1 is 1.26 bits per heavy atom. The molecule has 0 spiro atoms. The van der Waals surface area contributed by atoms with E-state index in [-0.39, 0.29) is 11.9 Å². The van der Waals surface area contributed by atoms with Gasteiger partial charge in [-0.2, -0.15) is 0 Å². The summed E-state index contributed by atoms with van der Waals surface area (Å²) >= 11 is 0. The van der Waals surface area contributed by atoms with Crippen molar-refractivity contribution in [3.05, 3.63) is 30.3 Å². The molecule has 2 heterocycles. The Bertz CT molecular complexity index is 450. The van der Waals surface area contributed by atoms with Crippen molar-refractivity contribution < 1.29 is 4.79 Å². The fraction of sp³-hybridized carbons (Fsp3) is 0.500. The number of rotatable bonds is 2. The monoisotopic (exact) mass is 260 g/mol. The number of piperidine rings is 1. The molecule has 1 aromatic carbocycles. The number of amides is 1. The number of hydrazine groups is 1. The minimum atomic E-state index is -0.150. The zero-order chi connectivity index (χ0) is 13.2. The molecule has 0 aliphatic carbocycles. The predicted molar refractivity (Wildman–Crippen MR) is 74.7 cm³/mol. The lowest BCUT2D eigenvalue weighted by Crippen LogP contribution is -2.49. The Balaban J connectivity index is 1.73. The smallest absolute Gasteiger partial charge is 0.245 e. The van der Waals surface area contributed by atoms with Gasteiger partial charge in [-0.15, -0.1) is 0 Å². The second kappa shape index (κ2) is 5.28. The fourth-order valence-corrected chi connectivity index (χ4v) is 2.95. The highest BCUT2D eigenvalue weighted by Gasteiger charge is 2.42. The average molecular weight is 260 g/mol. The van der Waals surface area contributed by atoms with Crippen LogP contribution < -0.4 is 21.1 Å². The molecule has 0 radical (unpaired) electrons. The number of carbonyl (C=O) groups excluding carboxylic acids is 1. The number of hydrogen-bond donors (Lipinski definition) is 3. The topological polar surface area (TPSA) is 56.4 Å². The SMILES string of the molecule is CN(C(=O)C1NNC2CCNCC21)c1ccccc1. The van der Waals surface area contributed by atoms with Crippen molar-refractivity contribution in [1.82, 2.24) is 16.2 Å². The first-order valence-electron chi connectivity index (χ1n) is 6.82. The third-order valence-corrected chi connectivity index (χ3v) is 4.12. The molecule has 1 amide bonds. The maximum atomic E-state index is 12.6. The van der Waals surface area contributed by atoms with Gasteiger partial charge in [0, 0.05) is 31.2 Å². The van der Waals surface area contributed by atoms with Crippen LogP contribution in [0.1, 0.15) is 6.42 Å². The molecule has 3 unspecified atom stereocenters. The van der Waals surface area contributed by atoms with E-state index in [2.05, 4.69) is 16.2 Å². The van der Waals surface area contributed by atoms with Crippen LogP contribution in [-0.2, 0) is 4.79 Å². The number of benzene rings is 1. The standard InChI is InChI=1S/C14H20N4O/c1-18(10-5-3-2-4-6-10)14(19)13-11-9-15-8-7-12(11)16-17-13/h2-6,11-13,15-17H,7-9H2,1H3. The van der Waals surface area contributed by atoms with Gasteiger partial charge in [-0.05, 0) is 25.1 Å². The summed E-state index contributed by atoms with van der Waals surface area (Å²) < 4.78 is 0. The van der Waals surface area contributed by atoms with Crippen molar-refractivity contribution >= 4 is 11.6 Å². The highest BCUT2D eigenvalue weighted by Crippen LogP contribution is 2.23. The van der Waals surface area contributed by atoms with Gasteiger partial charge in [-0.1, -0.05) is 18.2 Å². The van der Waals surface area contributed by atoms with Crippen molar-refractivity contribution in [2.24, 2.45) is 5.92 Å². The van der Waals surface area contributed by atoms with Crippen LogP contribution in [0.2, 0.25) is 0 Å². The molecule has 2 aliphatic rings. The van der Waals surface area contributed by atoms with Crippen molar-refractivity contribution in [2.75, 3.05) is 25.0 Å². The molecule has 3 rings (SSSR count). The van der Waals surface area contributed by atoms with E-state index < -0.39 is 0 Å². The van der Waals surface area contributed by atoms with Gasteiger partial charge in [0.15, 0.2) is 0 Å². The minimum Gasteiger partial charge on any atom is -0.316 e. The number of para-hydroxylation sites is 1. The molecular formula is C14H20N4O. The molecule has 2 saturated heterocycles. The fourth-order valence-electron chi connectivity index (χ4n) is 2.95. The lowest BCUT2D eigenvalue weighted by atomic mass is 9.89. The van der Waals surface area contributed by atoms with Gasteiger partial charge in [0.1, 0.15) is 6.04 Å². The molecule has 0 bridgehead atoms. The van der Waals surface area contributed by atoms with E-state index in [1.807, 2.05) is 37.4 Å². The van der Waals surface area contributed by atoms with Gasteiger partial charge in [0.2, 0.25) is 5.91 Å². The summed E-state index contributed by atoms with van der Waals surface area (Å²) in [6, 6.07) is 10.0. The second-order valence-corrected chi connectivity index (χ2v) is 5.26. The van der Waals surface area contributed by atoms with E-state index in [0.717, 1.165) is 25.2 Å². The quantitative estimate of drug-likeness (QED) is 0.706. The third kappa shape index (κ3) is 2.36. The summed E-state index contributed by atoms with van der Waals surface area (Å²) in [7, 11) is 1.84. The molecule has 3 N–H and O–H groups in total. The Kier molecular flexibility index (Phi) is 3.50. The Labute approximate surface area is 113 Å². The number of nitrogens with one attached hydrogen (secondary N) is 3. The van der Waals surface area contributed by atoms with Crippen molar-refractivity contribution in [2.45, 2.75) is 18.5 Å². The highest BCUT2D eigenvalue weighted by molar-refractivity contribution is 5.97. The van der Waals surface area contributed by atoms with E-state index in [4.69, 9.17) is 0 Å². The lowest BCUT2D eigenvalue weighted by molar-refractivity contribution is -0.121. The van der Waals surface area contributed by atoms with E-state index >= 15 is 0 Å². The molecular weight excluding hydrogens is 240 g/mol. The van der Waals surface area contributed by atoms with Crippen LogP contribution in [0.3, 0.4) is 0 Å². The maximum absolute atomic E-state index is 12.6. The van der Waals surface area contributed by atoms with E-state index in [0.29, 0.717) is 12.0 Å². The molecule has 5 heteroatoms. The number of carbonyl (C=O) groups is 1. The summed E-state index contributed by atoms with van der Waals surface area (Å²) in [5.74, 6) is 0.447. The van der Waals surface area contributed by atoms with E-state index in [1.54, 1.807) is 4.90 Å². The summed E-state index contributed by atoms with van der Waals surface area (Å²) in [6.07, 6.45) is 1.07. The van der Waals surface area contributed by atoms with Gasteiger partial charge in [-0.3, -0.25) is 10.2 Å². The predicted octanol–water partition coefficient (Wildman–Crippen LogP) is 0.104. The molecule has 3 atom stereocenters. The van der Waals surface area contributed by atoms with Crippen LogP contribution in [0.4, 0.5) is 5.69 Å². The van der Waals surface area contributed by atoms with Crippen LogP contribution >= 0.6 is 0 Å². The van der Waals surface area contributed by atoms with Crippen LogP contribution in [0.25, 0.3) is 0 Å². The van der Waals surface area contributed by atoms with E-state index in [9.17, 15) is 4.79 Å². The number of nitrogens with zero attached hydrogens (tertiary/aromatic N) is 1. The van der Waals surface area contributed by atoms with Gasteiger partial charge >= 0.3 is 0 Å². The largest absolute Gasteiger partial charge is 0.316 e. The maximum Gasteiger partial charge on any atom is 0.245 e. The lowest BCUT2D eigenvalue weighted by Gasteiger charge is -2.29. The van der Waals surface area contributed by atoms with Crippen LogP contribution in [0, 0.1) is 5.92 Å². The molecule has 2 fully saturated rings. The summed E-state index contributed by atoms with van der Waals surface area (Å²) in [6.45, 7) is 1.91. The Morgan fingerprint density at radius 3 is 2.84 bits per heavy atom. The summed E-state index contributed by atoms with van der Waals surface area (Å²) in [4.78, 5) is 14.3. The zero-order valence-corrected chi connectivity index (χ0v) is 11.1. The van der Waals surface area contributed by atoms with Crippen molar-refractivity contribution in [3.63, 3.8) is 0 Å². The molecule has 102 valence electrons. The van der Waals surface area contributed by atoms with Gasteiger partial charge in [0.05, 0.1) is 0 Å².